The molecule has 114 valence electrons. The lowest BCUT2D eigenvalue weighted by Gasteiger charge is -2.10. The molecule has 22 heavy (non-hydrogen) atoms. The van der Waals surface area contributed by atoms with E-state index in [0.717, 1.165) is 29.8 Å². The minimum Gasteiger partial charge on any atom is -0.454 e. The molecule has 1 aliphatic heterocycles. The van der Waals surface area contributed by atoms with E-state index >= 15 is 0 Å². The van der Waals surface area contributed by atoms with Crippen molar-refractivity contribution in [2.24, 2.45) is 0 Å². The number of hydrogen-bond donors (Lipinski definition) is 1. The average molecular weight is 297 g/mol. The number of benzene rings is 2. The number of aryl methyl sites for hydroxylation is 1. The highest BCUT2D eigenvalue weighted by Crippen LogP contribution is 2.36. The van der Waals surface area contributed by atoms with Gasteiger partial charge in [-0.1, -0.05) is 13.3 Å². The van der Waals surface area contributed by atoms with Crippen LogP contribution in [0.15, 0.2) is 36.4 Å². The van der Waals surface area contributed by atoms with Crippen LogP contribution in [0.25, 0.3) is 0 Å². The second kappa shape index (κ2) is 6.10. The van der Waals surface area contributed by atoms with Gasteiger partial charge >= 0.3 is 0 Å². The molecule has 0 fully saturated rings. The molecule has 0 saturated carbocycles. The van der Waals surface area contributed by atoms with Gasteiger partial charge in [0.05, 0.1) is 0 Å². The van der Waals surface area contributed by atoms with Crippen LogP contribution < -0.4 is 14.8 Å². The highest BCUT2D eigenvalue weighted by molar-refractivity contribution is 6.10. The molecule has 4 nitrogen and oxygen atoms in total. The molecule has 0 aliphatic carbocycles. The minimum atomic E-state index is 0.0180. The third-order valence-corrected chi connectivity index (χ3v) is 3.80. The largest absolute Gasteiger partial charge is 0.454 e. The summed E-state index contributed by atoms with van der Waals surface area (Å²) in [6.45, 7) is 2.32. The quantitative estimate of drug-likeness (QED) is 0.856. The number of carbonyl (C=O) groups is 1. The lowest BCUT2D eigenvalue weighted by molar-refractivity contribution is 0.103. The molecular weight excluding hydrogens is 278 g/mol. The van der Waals surface area contributed by atoms with Gasteiger partial charge in [-0.25, -0.2) is 0 Å². The molecule has 0 amide bonds. The van der Waals surface area contributed by atoms with E-state index in [9.17, 15) is 4.79 Å². The molecule has 0 unspecified atom stereocenters. The lowest BCUT2D eigenvalue weighted by Crippen LogP contribution is -2.06. The van der Waals surface area contributed by atoms with Gasteiger partial charge in [0, 0.05) is 23.9 Å². The van der Waals surface area contributed by atoms with E-state index in [-0.39, 0.29) is 12.6 Å². The third-order valence-electron chi connectivity index (χ3n) is 3.80. The van der Waals surface area contributed by atoms with E-state index in [1.807, 2.05) is 43.4 Å². The van der Waals surface area contributed by atoms with E-state index in [1.54, 1.807) is 0 Å². The summed E-state index contributed by atoms with van der Waals surface area (Å²) in [7, 11) is 1.86. The number of ketones is 1. The highest BCUT2D eigenvalue weighted by Gasteiger charge is 2.21. The standard InChI is InChI=1S/C18H19NO3/c1-3-4-13-9-16-17(22-11-21-16)10-15(13)18(20)12-5-7-14(19-2)8-6-12/h5-10,19H,3-4,11H2,1-2H3. The van der Waals surface area contributed by atoms with Crippen LogP contribution in [0.1, 0.15) is 34.8 Å². The third kappa shape index (κ3) is 2.64. The van der Waals surface area contributed by atoms with Gasteiger partial charge < -0.3 is 14.8 Å². The summed E-state index contributed by atoms with van der Waals surface area (Å²) in [5, 5.41) is 3.05. The average Bonchev–Trinajstić information content (AvgIpc) is 3.01. The van der Waals surface area contributed by atoms with Crippen LogP contribution in [0, 0.1) is 0 Å². The Morgan fingerprint density at radius 3 is 2.45 bits per heavy atom. The Labute approximate surface area is 130 Å². The SMILES string of the molecule is CCCc1cc2c(cc1C(=O)c1ccc(NC)cc1)OCO2. The Balaban J connectivity index is 1.99. The zero-order chi connectivity index (χ0) is 15.5. The number of ether oxygens (including phenoxy) is 2. The molecule has 3 rings (SSSR count). The van der Waals surface area contributed by atoms with Gasteiger partial charge in [0.25, 0.3) is 0 Å². The van der Waals surface area contributed by atoms with Crippen molar-refractivity contribution < 1.29 is 14.3 Å². The second-order valence-corrected chi connectivity index (χ2v) is 5.27. The van der Waals surface area contributed by atoms with Crippen LogP contribution in [0.4, 0.5) is 5.69 Å². The summed E-state index contributed by atoms with van der Waals surface area (Å²) >= 11 is 0. The fraction of sp³-hybridized carbons (Fsp3) is 0.278. The van der Waals surface area contributed by atoms with Crippen molar-refractivity contribution in [2.75, 3.05) is 19.2 Å². The van der Waals surface area contributed by atoms with Crippen LogP contribution in [0.2, 0.25) is 0 Å². The molecule has 2 aromatic rings. The molecule has 4 heteroatoms. The highest BCUT2D eigenvalue weighted by atomic mass is 16.7. The zero-order valence-electron chi connectivity index (χ0n) is 12.8. The molecule has 0 saturated heterocycles. The number of nitrogens with one attached hydrogen (secondary N) is 1. The van der Waals surface area contributed by atoms with Crippen molar-refractivity contribution in [3.63, 3.8) is 0 Å². The lowest BCUT2D eigenvalue weighted by atomic mass is 9.95. The van der Waals surface area contributed by atoms with Crippen LogP contribution in [0.3, 0.4) is 0 Å². The summed E-state index contributed by atoms with van der Waals surface area (Å²) in [5.74, 6) is 1.39. The number of carbonyl (C=O) groups excluding carboxylic acids is 1. The first-order chi connectivity index (χ1) is 10.7. The maximum absolute atomic E-state index is 12.8. The van der Waals surface area contributed by atoms with Crippen molar-refractivity contribution in [3.05, 3.63) is 53.1 Å². The van der Waals surface area contributed by atoms with Gasteiger partial charge in [-0.3, -0.25) is 4.79 Å². The smallest absolute Gasteiger partial charge is 0.231 e. The molecular formula is C18H19NO3. The number of anilines is 1. The van der Waals surface area contributed by atoms with Gasteiger partial charge in [-0.15, -0.1) is 0 Å². The van der Waals surface area contributed by atoms with Crippen molar-refractivity contribution in [1.29, 1.82) is 0 Å². The molecule has 2 aromatic carbocycles. The van der Waals surface area contributed by atoms with Gasteiger partial charge in [0.2, 0.25) is 6.79 Å². The predicted octanol–water partition coefficient (Wildman–Crippen LogP) is 3.64. The Kier molecular flexibility index (Phi) is 4.00. The molecule has 0 atom stereocenters. The normalized spacial score (nSPS) is 12.3. The first-order valence-corrected chi connectivity index (χ1v) is 7.48. The van der Waals surface area contributed by atoms with Crippen molar-refractivity contribution >= 4 is 11.5 Å². The topological polar surface area (TPSA) is 47.6 Å². The second-order valence-electron chi connectivity index (χ2n) is 5.27. The maximum atomic E-state index is 12.8. The summed E-state index contributed by atoms with van der Waals surface area (Å²) in [5.41, 5.74) is 3.36. The van der Waals surface area contributed by atoms with Gasteiger partial charge in [0.1, 0.15) is 0 Å². The van der Waals surface area contributed by atoms with Crippen molar-refractivity contribution in [2.45, 2.75) is 19.8 Å². The van der Waals surface area contributed by atoms with Crippen LogP contribution in [-0.2, 0) is 6.42 Å². The number of hydrogen-bond acceptors (Lipinski definition) is 4. The Morgan fingerprint density at radius 2 is 1.82 bits per heavy atom. The van der Waals surface area contributed by atoms with Gasteiger partial charge in [-0.2, -0.15) is 0 Å². The fourth-order valence-electron chi connectivity index (χ4n) is 2.62. The minimum absolute atomic E-state index is 0.0180. The first kappa shape index (κ1) is 14.4. The molecule has 1 aliphatic rings. The summed E-state index contributed by atoms with van der Waals surface area (Å²) in [4.78, 5) is 12.8. The van der Waals surface area contributed by atoms with Gasteiger partial charge in [-0.05, 0) is 48.4 Å². The van der Waals surface area contributed by atoms with Crippen molar-refractivity contribution in [1.82, 2.24) is 0 Å². The fourth-order valence-corrected chi connectivity index (χ4v) is 2.62. The predicted molar refractivity (Wildman–Crippen MR) is 86.0 cm³/mol. The Morgan fingerprint density at radius 1 is 1.14 bits per heavy atom. The Bertz CT molecular complexity index is 692. The maximum Gasteiger partial charge on any atom is 0.231 e. The van der Waals surface area contributed by atoms with E-state index in [1.165, 1.54) is 0 Å². The van der Waals surface area contributed by atoms with E-state index in [0.29, 0.717) is 16.9 Å². The van der Waals surface area contributed by atoms with E-state index in [4.69, 9.17) is 9.47 Å². The molecule has 0 bridgehead atoms. The summed E-state index contributed by atoms with van der Waals surface area (Å²) in [6.07, 6.45) is 1.81. The number of rotatable bonds is 5. The molecule has 1 heterocycles. The van der Waals surface area contributed by atoms with Gasteiger partial charge in [0.15, 0.2) is 17.3 Å². The van der Waals surface area contributed by atoms with E-state index < -0.39 is 0 Å². The molecule has 0 spiro atoms. The van der Waals surface area contributed by atoms with Crippen LogP contribution in [0.5, 0.6) is 11.5 Å². The number of fused-ring (bicyclic) bond motifs is 1. The van der Waals surface area contributed by atoms with Crippen LogP contribution >= 0.6 is 0 Å². The Hall–Kier alpha value is -2.49. The zero-order valence-corrected chi connectivity index (χ0v) is 12.8. The van der Waals surface area contributed by atoms with Crippen molar-refractivity contribution in [3.8, 4) is 11.5 Å². The summed E-state index contributed by atoms with van der Waals surface area (Å²) < 4.78 is 10.8. The van der Waals surface area contributed by atoms with Crippen LogP contribution in [-0.4, -0.2) is 19.6 Å². The molecule has 0 aromatic heterocycles. The first-order valence-electron chi connectivity index (χ1n) is 7.48. The van der Waals surface area contributed by atoms with E-state index in [2.05, 4.69) is 12.2 Å². The molecule has 0 radical (unpaired) electrons. The summed E-state index contributed by atoms with van der Waals surface area (Å²) in [6, 6.07) is 11.2. The monoisotopic (exact) mass is 297 g/mol. The molecule has 1 N–H and O–H groups in total.